The smallest absolute Gasteiger partial charge is 0.226 e. The summed E-state index contributed by atoms with van der Waals surface area (Å²) in [5.41, 5.74) is 1.21. The number of nitrogens with zero attached hydrogens (tertiary/aromatic N) is 2. The summed E-state index contributed by atoms with van der Waals surface area (Å²) in [7, 11) is 1.65. The second-order valence-corrected chi connectivity index (χ2v) is 8.67. The van der Waals surface area contributed by atoms with E-state index in [-0.39, 0.29) is 17.9 Å². The van der Waals surface area contributed by atoms with Gasteiger partial charge in [-0.2, -0.15) is 0 Å². The molecule has 1 spiro atoms. The summed E-state index contributed by atoms with van der Waals surface area (Å²) >= 11 is 0. The Morgan fingerprint density at radius 1 is 1.30 bits per heavy atom. The van der Waals surface area contributed by atoms with Crippen LogP contribution in [0.25, 0.3) is 0 Å². The van der Waals surface area contributed by atoms with Gasteiger partial charge in [0.2, 0.25) is 5.91 Å². The standard InChI is InChI=1S/C22H32N2O3/c1-27-20-7-2-4-17(12-20)13-21(26)23-10-8-22(9-11-23)16-24(14-18(22)15-25)19-5-3-6-19/h2,4,7,12,18-19,25H,3,5-6,8-11,13-16H2,1H3. The van der Waals surface area contributed by atoms with Gasteiger partial charge < -0.3 is 14.7 Å². The highest BCUT2D eigenvalue weighted by molar-refractivity contribution is 5.79. The van der Waals surface area contributed by atoms with Crippen LogP contribution in [0.15, 0.2) is 24.3 Å². The topological polar surface area (TPSA) is 53.0 Å². The number of carbonyl (C=O) groups excluding carboxylic acids is 1. The highest BCUT2D eigenvalue weighted by atomic mass is 16.5. The summed E-state index contributed by atoms with van der Waals surface area (Å²) in [5, 5.41) is 9.97. The minimum Gasteiger partial charge on any atom is -0.497 e. The van der Waals surface area contributed by atoms with E-state index in [4.69, 9.17) is 4.74 Å². The van der Waals surface area contributed by atoms with Gasteiger partial charge in [0.15, 0.2) is 0 Å². The number of rotatable bonds is 5. The first-order chi connectivity index (χ1) is 13.1. The van der Waals surface area contributed by atoms with Crippen molar-refractivity contribution in [2.24, 2.45) is 11.3 Å². The third-order valence-corrected chi connectivity index (χ3v) is 7.25. The van der Waals surface area contributed by atoms with Crippen LogP contribution in [0.3, 0.4) is 0 Å². The lowest BCUT2D eigenvalue weighted by atomic mass is 9.71. The Bertz CT molecular complexity index is 665. The lowest BCUT2D eigenvalue weighted by molar-refractivity contribution is -0.133. The Kier molecular flexibility index (Phi) is 5.42. The Labute approximate surface area is 162 Å². The zero-order valence-electron chi connectivity index (χ0n) is 16.4. The fraction of sp³-hybridized carbons (Fsp3) is 0.682. The predicted octanol–water partition coefficient (Wildman–Crippen LogP) is 2.32. The van der Waals surface area contributed by atoms with Gasteiger partial charge >= 0.3 is 0 Å². The van der Waals surface area contributed by atoms with E-state index in [2.05, 4.69) is 4.90 Å². The van der Waals surface area contributed by atoms with E-state index < -0.39 is 0 Å². The minimum absolute atomic E-state index is 0.201. The van der Waals surface area contributed by atoms with Crippen LogP contribution in [-0.4, -0.2) is 66.8 Å². The fourth-order valence-electron chi connectivity index (χ4n) is 5.19. The Balaban J connectivity index is 1.35. The van der Waals surface area contributed by atoms with Crippen LogP contribution in [0.1, 0.15) is 37.7 Å². The molecule has 1 N–H and O–H groups in total. The van der Waals surface area contributed by atoms with E-state index in [1.54, 1.807) is 7.11 Å². The van der Waals surface area contributed by atoms with Crippen molar-refractivity contribution in [3.8, 4) is 5.75 Å². The number of aliphatic hydroxyl groups is 1. The van der Waals surface area contributed by atoms with E-state index in [0.29, 0.717) is 12.3 Å². The van der Waals surface area contributed by atoms with Crippen LogP contribution in [0.5, 0.6) is 5.75 Å². The number of hydrogen-bond acceptors (Lipinski definition) is 4. The highest BCUT2D eigenvalue weighted by Crippen LogP contribution is 2.46. The molecule has 1 atom stereocenters. The van der Waals surface area contributed by atoms with Gasteiger partial charge in [0.05, 0.1) is 13.5 Å². The van der Waals surface area contributed by atoms with Gasteiger partial charge in [0.25, 0.3) is 0 Å². The van der Waals surface area contributed by atoms with Gasteiger partial charge in [-0.25, -0.2) is 0 Å². The number of amides is 1. The van der Waals surface area contributed by atoms with Gasteiger partial charge in [-0.1, -0.05) is 18.6 Å². The molecule has 5 heteroatoms. The van der Waals surface area contributed by atoms with Crippen molar-refractivity contribution >= 4 is 5.91 Å². The molecule has 2 heterocycles. The average molecular weight is 373 g/mol. The van der Waals surface area contributed by atoms with Crippen molar-refractivity contribution in [3.05, 3.63) is 29.8 Å². The van der Waals surface area contributed by atoms with Crippen LogP contribution >= 0.6 is 0 Å². The van der Waals surface area contributed by atoms with Crippen molar-refractivity contribution in [2.75, 3.05) is 39.9 Å². The van der Waals surface area contributed by atoms with E-state index in [0.717, 1.165) is 56.4 Å². The first kappa shape index (κ1) is 18.8. The zero-order valence-corrected chi connectivity index (χ0v) is 16.4. The number of hydrogen-bond donors (Lipinski definition) is 1. The predicted molar refractivity (Wildman–Crippen MR) is 105 cm³/mol. The molecular weight excluding hydrogens is 340 g/mol. The van der Waals surface area contributed by atoms with Crippen LogP contribution in [0, 0.1) is 11.3 Å². The third kappa shape index (κ3) is 3.72. The van der Waals surface area contributed by atoms with Crippen molar-refractivity contribution in [1.82, 2.24) is 9.80 Å². The number of ether oxygens (including phenoxy) is 1. The zero-order chi connectivity index (χ0) is 18.9. The van der Waals surface area contributed by atoms with Crippen molar-refractivity contribution < 1.29 is 14.6 Å². The van der Waals surface area contributed by atoms with Crippen LogP contribution in [0.4, 0.5) is 0 Å². The summed E-state index contributed by atoms with van der Waals surface area (Å²) in [4.78, 5) is 17.4. The molecule has 1 amide bonds. The summed E-state index contributed by atoms with van der Waals surface area (Å²) in [6.07, 6.45) is 6.46. The maximum absolute atomic E-state index is 12.8. The molecule has 0 aromatic heterocycles. The van der Waals surface area contributed by atoms with Crippen molar-refractivity contribution in [1.29, 1.82) is 0 Å². The lowest BCUT2D eigenvalue weighted by Crippen LogP contribution is -2.48. The average Bonchev–Trinajstić information content (AvgIpc) is 2.98. The summed E-state index contributed by atoms with van der Waals surface area (Å²) < 4.78 is 5.26. The normalized spacial score (nSPS) is 25.6. The third-order valence-electron chi connectivity index (χ3n) is 7.25. The molecule has 2 aliphatic heterocycles. The minimum atomic E-state index is 0.201. The molecule has 1 saturated carbocycles. The molecule has 5 nitrogen and oxygen atoms in total. The van der Waals surface area contributed by atoms with Crippen molar-refractivity contribution in [3.63, 3.8) is 0 Å². The van der Waals surface area contributed by atoms with Gasteiger partial charge in [-0.15, -0.1) is 0 Å². The second-order valence-electron chi connectivity index (χ2n) is 8.67. The molecule has 3 aliphatic rings. The number of benzene rings is 1. The van der Waals surface area contributed by atoms with Crippen LogP contribution in [0.2, 0.25) is 0 Å². The largest absolute Gasteiger partial charge is 0.497 e. The Morgan fingerprint density at radius 3 is 2.70 bits per heavy atom. The number of carbonyl (C=O) groups is 1. The molecule has 1 aromatic rings. The van der Waals surface area contributed by atoms with Gasteiger partial charge in [0, 0.05) is 44.7 Å². The summed E-state index contributed by atoms with van der Waals surface area (Å²) in [6.45, 7) is 4.07. The van der Waals surface area contributed by atoms with Crippen molar-refractivity contribution in [2.45, 2.75) is 44.6 Å². The summed E-state index contributed by atoms with van der Waals surface area (Å²) in [6, 6.07) is 8.51. The SMILES string of the molecule is COc1cccc(CC(=O)N2CCC3(CC2)CN(C2CCC2)CC3CO)c1. The molecule has 1 aliphatic carbocycles. The van der Waals surface area contributed by atoms with Crippen LogP contribution < -0.4 is 4.74 Å². The maximum Gasteiger partial charge on any atom is 0.226 e. The molecule has 1 unspecified atom stereocenters. The first-order valence-electron chi connectivity index (χ1n) is 10.4. The number of aliphatic hydroxyl groups excluding tert-OH is 1. The summed E-state index contributed by atoms with van der Waals surface area (Å²) in [5.74, 6) is 1.37. The molecule has 2 saturated heterocycles. The molecule has 4 rings (SSSR count). The number of methoxy groups -OCH3 is 1. The maximum atomic E-state index is 12.8. The number of likely N-dealkylation sites (tertiary alicyclic amines) is 2. The van der Waals surface area contributed by atoms with Gasteiger partial charge in [0.1, 0.15) is 5.75 Å². The monoisotopic (exact) mass is 372 g/mol. The highest BCUT2D eigenvalue weighted by Gasteiger charge is 2.49. The van der Waals surface area contributed by atoms with E-state index in [9.17, 15) is 9.90 Å². The molecule has 1 aromatic carbocycles. The van der Waals surface area contributed by atoms with Gasteiger partial charge in [-0.05, 0) is 48.8 Å². The molecule has 27 heavy (non-hydrogen) atoms. The van der Waals surface area contributed by atoms with E-state index in [1.165, 1.54) is 19.3 Å². The lowest BCUT2D eigenvalue weighted by Gasteiger charge is -2.43. The molecule has 3 fully saturated rings. The molecular formula is C22H32N2O3. The number of piperidine rings is 1. The van der Waals surface area contributed by atoms with Crippen LogP contribution in [-0.2, 0) is 11.2 Å². The molecule has 148 valence electrons. The Hall–Kier alpha value is -1.59. The molecule has 0 bridgehead atoms. The molecule has 0 radical (unpaired) electrons. The van der Waals surface area contributed by atoms with E-state index >= 15 is 0 Å². The quantitative estimate of drug-likeness (QED) is 0.862. The second kappa shape index (κ2) is 7.80. The Morgan fingerprint density at radius 2 is 2.07 bits per heavy atom. The first-order valence-corrected chi connectivity index (χ1v) is 10.4. The fourth-order valence-corrected chi connectivity index (χ4v) is 5.19. The van der Waals surface area contributed by atoms with E-state index in [1.807, 2.05) is 29.2 Å². The van der Waals surface area contributed by atoms with Gasteiger partial charge in [-0.3, -0.25) is 9.69 Å².